The number of nitrogens with one attached hydrogen (secondary N) is 2. The van der Waals surface area contributed by atoms with Crippen molar-refractivity contribution < 1.29 is 4.63 Å². The molecule has 0 fully saturated rings. The van der Waals surface area contributed by atoms with E-state index in [1.54, 1.807) is 12.1 Å². The average molecular weight is 333 g/mol. The second-order valence-electron chi connectivity index (χ2n) is 5.57. The molecule has 8 heteroatoms. The molecule has 0 spiro atoms. The van der Waals surface area contributed by atoms with Crippen LogP contribution in [0.2, 0.25) is 0 Å². The van der Waals surface area contributed by atoms with Crippen molar-refractivity contribution in [2.45, 2.75) is 6.92 Å². The molecule has 2 aromatic carbocycles. The molecule has 0 atom stereocenters. The van der Waals surface area contributed by atoms with Crippen LogP contribution in [0.15, 0.2) is 53.2 Å². The van der Waals surface area contributed by atoms with Gasteiger partial charge in [0.05, 0.1) is 0 Å². The molecule has 4 aromatic rings. The van der Waals surface area contributed by atoms with Crippen LogP contribution in [0.4, 0.5) is 28.7 Å². The van der Waals surface area contributed by atoms with Crippen molar-refractivity contribution in [1.82, 2.24) is 20.3 Å². The van der Waals surface area contributed by atoms with Gasteiger partial charge in [0.25, 0.3) is 0 Å². The predicted molar refractivity (Wildman–Crippen MR) is 96.0 cm³/mol. The standard InChI is InChI=1S/C17H15N7O/c1-10-2-6-12(7-3-10)19-14-15(20-13-8-4-11(18)5-9-13)22-17-16(21-14)23-25-24-17/h2-9H,18H2,1H3,(H,19,21,23)(H,20,22,24). The lowest BCUT2D eigenvalue weighted by molar-refractivity contribution is 0.314. The van der Waals surface area contributed by atoms with Crippen molar-refractivity contribution >= 4 is 40.0 Å². The van der Waals surface area contributed by atoms with Gasteiger partial charge in [0.2, 0.25) is 11.3 Å². The average Bonchev–Trinajstić information content (AvgIpc) is 3.06. The van der Waals surface area contributed by atoms with E-state index in [0.717, 1.165) is 11.4 Å². The topological polar surface area (TPSA) is 115 Å². The molecule has 0 aliphatic rings. The number of hydrogen-bond acceptors (Lipinski definition) is 8. The van der Waals surface area contributed by atoms with Crippen molar-refractivity contribution in [2.24, 2.45) is 0 Å². The van der Waals surface area contributed by atoms with Gasteiger partial charge in [0, 0.05) is 17.1 Å². The van der Waals surface area contributed by atoms with Crippen molar-refractivity contribution in [3.8, 4) is 0 Å². The number of hydrogen-bond donors (Lipinski definition) is 3. The minimum absolute atomic E-state index is 0.326. The predicted octanol–water partition coefficient (Wildman–Crippen LogP) is 3.39. The first kappa shape index (κ1) is 14.9. The van der Waals surface area contributed by atoms with E-state index < -0.39 is 0 Å². The van der Waals surface area contributed by atoms with Gasteiger partial charge in [-0.2, -0.15) is 0 Å². The van der Waals surface area contributed by atoms with Crippen LogP contribution in [0, 0.1) is 6.92 Å². The van der Waals surface area contributed by atoms with Crippen LogP contribution in [-0.4, -0.2) is 20.3 Å². The molecule has 0 aliphatic carbocycles. The number of aryl methyl sites for hydroxylation is 1. The van der Waals surface area contributed by atoms with Gasteiger partial charge in [0.1, 0.15) is 0 Å². The lowest BCUT2D eigenvalue weighted by atomic mass is 10.2. The summed E-state index contributed by atoms with van der Waals surface area (Å²) in [5.41, 5.74) is 9.95. The molecule has 25 heavy (non-hydrogen) atoms. The van der Waals surface area contributed by atoms with Crippen LogP contribution in [-0.2, 0) is 0 Å². The maximum absolute atomic E-state index is 5.73. The molecule has 0 saturated heterocycles. The first-order valence-corrected chi connectivity index (χ1v) is 7.64. The number of benzene rings is 2. The van der Waals surface area contributed by atoms with Gasteiger partial charge < -0.3 is 16.4 Å². The molecule has 8 nitrogen and oxygen atoms in total. The fraction of sp³-hybridized carbons (Fsp3) is 0.0588. The summed E-state index contributed by atoms with van der Waals surface area (Å²) in [6.07, 6.45) is 0. The molecule has 0 aliphatic heterocycles. The van der Waals surface area contributed by atoms with Gasteiger partial charge in [-0.05, 0) is 53.6 Å². The molecule has 0 saturated carbocycles. The van der Waals surface area contributed by atoms with E-state index >= 15 is 0 Å². The zero-order chi connectivity index (χ0) is 17.2. The quantitative estimate of drug-likeness (QED) is 0.487. The Balaban J connectivity index is 1.72. The van der Waals surface area contributed by atoms with E-state index in [2.05, 4.69) is 30.9 Å². The molecular weight excluding hydrogens is 318 g/mol. The fourth-order valence-corrected chi connectivity index (χ4v) is 2.29. The number of anilines is 5. The highest BCUT2D eigenvalue weighted by atomic mass is 16.6. The summed E-state index contributed by atoms with van der Waals surface area (Å²) in [6, 6.07) is 15.3. The van der Waals surface area contributed by atoms with E-state index in [4.69, 9.17) is 10.4 Å². The van der Waals surface area contributed by atoms with Gasteiger partial charge in [-0.25, -0.2) is 14.6 Å². The Bertz CT molecular complexity index is 928. The van der Waals surface area contributed by atoms with E-state index in [1.807, 2.05) is 43.3 Å². The molecule has 0 bridgehead atoms. The van der Waals surface area contributed by atoms with Crippen LogP contribution in [0.5, 0.6) is 0 Å². The third kappa shape index (κ3) is 3.18. The SMILES string of the molecule is Cc1ccc(Nc2nc3nonc3nc2Nc2ccc(N)cc2)cc1. The van der Waals surface area contributed by atoms with Gasteiger partial charge in [-0.3, -0.25) is 0 Å². The molecule has 4 N–H and O–H groups in total. The van der Waals surface area contributed by atoms with Crippen LogP contribution < -0.4 is 16.4 Å². The Morgan fingerprint density at radius 1 is 0.760 bits per heavy atom. The summed E-state index contributed by atoms with van der Waals surface area (Å²) >= 11 is 0. The highest BCUT2D eigenvalue weighted by Crippen LogP contribution is 2.27. The first-order chi connectivity index (χ1) is 12.2. The molecule has 0 amide bonds. The van der Waals surface area contributed by atoms with Crippen LogP contribution in [0.1, 0.15) is 5.56 Å². The Labute approximate surface area is 143 Å². The van der Waals surface area contributed by atoms with E-state index in [1.165, 1.54) is 5.56 Å². The summed E-state index contributed by atoms with van der Waals surface area (Å²) in [5.74, 6) is 1.03. The van der Waals surface area contributed by atoms with Crippen molar-refractivity contribution in [1.29, 1.82) is 0 Å². The third-order valence-electron chi connectivity index (χ3n) is 3.60. The summed E-state index contributed by atoms with van der Waals surface area (Å²) in [5, 5.41) is 14.0. The molecule has 2 heterocycles. The monoisotopic (exact) mass is 333 g/mol. The van der Waals surface area contributed by atoms with Gasteiger partial charge >= 0.3 is 0 Å². The number of rotatable bonds is 4. The lowest BCUT2D eigenvalue weighted by Crippen LogP contribution is -2.03. The zero-order valence-electron chi connectivity index (χ0n) is 13.4. The lowest BCUT2D eigenvalue weighted by Gasteiger charge is -2.12. The van der Waals surface area contributed by atoms with Gasteiger partial charge in [0.15, 0.2) is 11.6 Å². The summed E-state index contributed by atoms with van der Waals surface area (Å²) in [4.78, 5) is 8.87. The third-order valence-corrected chi connectivity index (χ3v) is 3.60. The minimum Gasteiger partial charge on any atom is -0.399 e. The summed E-state index contributed by atoms with van der Waals surface area (Å²) < 4.78 is 4.71. The Hall–Kier alpha value is -3.68. The summed E-state index contributed by atoms with van der Waals surface area (Å²) in [6.45, 7) is 2.03. The molecule has 124 valence electrons. The minimum atomic E-state index is 0.326. The number of aromatic nitrogens is 4. The molecule has 2 aromatic heterocycles. The normalized spacial score (nSPS) is 10.8. The molecular formula is C17H15N7O. The second-order valence-corrected chi connectivity index (χ2v) is 5.57. The van der Waals surface area contributed by atoms with E-state index in [0.29, 0.717) is 28.6 Å². The molecule has 0 radical (unpaired) electrons. The Morgan fingerprint density at radius 2 is 1.24 bits per heavy atom. The van der Waals surface area contributed by atoms with Crippen LogP contribution in [0.25, 0.3) is 11.3 Å². The molecule has 0 unspecified atom stereocenters. The van der Waals surface area contributed by atoms with Crippen molar-refractivity contribution in [2.75, 3.05) is 16.4 Å². The highest BCUT2D eigenvalue weighted by molar-refractivity contribution is 5.79. The largest absolute Gasteiger partial charge is 0.399 e. The Kier molecular flexibility index (Phi) is 3.62. The van der Waals surface area contributed by atoms with Gasteiger partial charge in [-0.1, -0.05) is 17.7 Å². The Morgan fingerprint density at radius 3 is 1.76 bits per heavy atom. The van der Waals surface area contributed by atoms with Gasteiger partial charge in [-0.15, -0.1) is 0 Å². The van der Waals surface area contributed by atoms with Crippen molar-refractivity contribution in [3.05, 3.63) is 54.1 Å². The number of nitrogen functional groups attached to an aromatic ring is 1. The zero-order valence-corrected chi connectivity index (χ0v) is 13.4. The van der Waals surface area contributed by atoms with Crippen LogP contribution >= 0.6 is 0 Å². The number of fused-ring (bicyclic) bond motifs is 1. The second kappa shape index (κ2) is 6.08. The maximum atomic E-state index is 5.73. The smallest absolute Gasteiger partial charge is 0.245 e. The summed E-state index contributed by atoms with van der Waals surface area (Å²) in [7, 11) is 0. The highest BCUT2D eigenvalue weighted by Gasteiger charge is 2.13. The van der Waals surface area contributed by atoms with Crippen molar-refractivity contribution in [3.63, 3.8) is 0 Å². The first-order valence-electron chi connectivity index (χ1n) is 7.64. The number of nitrogens with zero attached hydrogens (tertiary/aromatic N) is 4. The number of nitrogens with two attached hydrogens (primary N) is 1. The van der Waals surface area contributed by atoms with E-state index in [9.17, 15) is 0 Å². The fourth-order valence-electron chi connectivity index (χ4n) is 2.29. The maximum Gasteiger partial charge on any atom is 0.245 e. The molecule has 4 rings (SSSR count). The van der Waals surface area contributed by atoms with Crippen LogP contribution in [0.3, 0.4) is 0 Å². The van der Waals surface area contributed by atoms with E-state index in [-0.39, 0.29) is 0 Å².